The van der Waals surface area contributed by atoms with Crippen LogP contribution in [0.2, 0.25) is 0 Å². The highest BCUT2D eigenvalue weighted by Gasteiger charge is 2.06. The molecule has 2 nitrogen and oxygen atoms in total. The Kier molecular flexibility index (Phi) is 4.67. The van der Waals surface area contributed by atoms with Gasteiger partial charge in [-0.15, -0.1) is 0 Å². The summed E-state index contributed by atoms with van der Waals surface area (Å²) in [5.41, 5.74) is 0. The van der Waals surface area contributed by atoms with E-state index in [1.54, 1.807) is 12.3 Å². The Bertz CT molecular complexity index is 103. The van der Waals surface area contributed by atoms with Crippen LogP contribution in [0.5, 0.6) is 0 Å². The second kappa shape index (κ2) is 5.21. The Morgan fingerprint density at radius 2 is 1.89 bits per heavy atom. The number of rotatable bonds is 0. The Morgan fingerprint density at radius 1 is 1.33 bits per heavy atom. The number of hydrogen-bond donors (Lipinski definition) is 0. The molecule has 1 heterocycles. The summed E-state index contributed by atoms with van der Waals surface area (Å²) in [4.78, 5) is 0. The minimum absolute atomic E-state index is 1.51. The largest absolute Gasteiger partial charge is 0.762 e. The van der Waals surface area contributed by atoms with Gasteiger partial charge in [0.1, 0.15) is 6.26 Å². The molecule has 0 bridgehead atoms. The van der Waals surface area contributed by atoms with E-state index in [9.17, 15) is 12.9 Å². The summed E-state index contributed by atoms with van der Waals surface area (Å²) >= 11 is 0. The summed E-state index contributed by atoms with van der Waals surface area (Å²) in [5, 5.41) is 3.35. The fraction of sp³-hybridized carbons (Fsp3) is 0. The third-order valence-corrected chi connectivity index (χ3v) is 0.347. The van der Waals surface area contributed by atoms with Crippen molar-refractivity contribution in [3.05, 3.63) is 18.5 Å². The molecule has 0 N–H and O–H groups in total. The summed E-state index contributed by atoms with van der Waals surface area (Å²) in [6.45, 7) is 0. The van der Waals surface area contributed by atoms with Gasteiger partial charge in [-0.2, -0.15) is 0 Å². The van der Waals surface area contributed by atoms with E-state index in [1.165, 1.54) is 6.26 Å². The van der Waals surface area contributed by atoms with Crippen molar-refractivity contribution in [2.75, 3.05) is 0 Å². The van der Waals surface area contributed by atoms with Gasteiger partial charge in [-0.1, -0.05) is 5.16 Å². The summed E-state index contributed by atoms with van der Waals surface area (Å²) in [5.74, 6) is 0. The van der Waals surface area contributed by atoms with E-state index >= 15 is 0 Å². The number of nitrogens with zero attached hydrogens (tertiary/aromatic N) is 1. The first-order chi connectivity index (χ1) is 4.23. The van der Waals surface area contributed by atoms with E-state index in [2.05, 4.69) is 9.68 Å². The summed E-state index contributed by atoms with van der Waals surface area (Å²) in [6, 6.07) is 1.72. The zero-order chi connectivity index (χ0) is 7.11. The average Bonchev–Trinajstić information content (AvgIpc) is 2.11. The molecule has 1 rings (SSSR count). The lowest BCUT2D eigenvalue weighted by Crippen LogP contribution is -1.76. The van der Waals surface area contributed by atoms with Crippen molar-refractivity contribution in [3.63, 3.8) is 0 Å². The third kappa shape index (κ3) is 11.0. The Morgan fingerprint density at radius 3 is 2.00 bits per heavy atom. The van der Waals surface area contributed by atoms with E-state index < -0.39 is 7.54 Å². The Balaban J connectivity index is 0.000000148. The van der Waals surface area contributed by atoms with Gasteiger partial charge in [-0.05, 0) is 6.07 Å². The van der Waals surface area contributed by atoms with Gasteiger partial charge < -0.3 is 4.52 Å². The highest BCUT2D eigenvalue weighted by molar-refractivity contribution is 6.33. The maximum Gasteiger partial charge on any atom is 0.762 e. The molecule has 0 spiro atoms. The van der Waals surface area contributed by atoms with Gasteiger partial charge in [0, 0.05) is 0 Å². The first-order valence-corrected chi connectivity index (χ1v) is 2.00. The van der Waals surface area contributed by atoms with Gasteiger partial charge >= 0.3 is 7.54 Å². The lowest BCUT2D eigenvalue weighted by atomic mass is 10.5. The highest BCUT2D eigenvalue weighted by Crippen LogP contribution is 1.80. The molecule has 0 unspecified atom stereocenters. The van der Waals surface area contributed by atoms with Gasteiger partial charge in [0.2, 0.25) is 0 Å². The van der Waals surface area contributed by atoms with Crippen LogP contribution < -0.4 is 0 Å². The highest BCUT2D eigenvalue weighted by atomic mass is 19.4. The molecule has 1 aromatic heterocycles. The van der Waals surface area contributed by atoms with Gasteiger partial charge in [-0.3, -0.25) is 12.9 Å². The predicted molar refractivity (Wildman–Crippen MR) is 25.6 cm³/mol. The van der Waals surface area contributed by atoms with Gasteiger partial charge in [0.05, 0.1) is 6.20 Å². The fourth-order valence-electron chi connectivity index (χ4n) is 0.176. The normalized spacial score (nSPS) is 7.44. The number of halogens is 3. The molecule has 0 saturated heterocycles. The van der Waals surface area contributed by atoms with Crippen molar-refractivity contribution in [1.29, 1.82) is 0 Å². The SMILES string of the molecule is FB(F)F.c1cnoc1. The molecule has 9 heavy (non-hydrogen) atoms. The van der Waals surface area contributed by atoms with Crippen molar-refractivity contribution in [2.45, 2.75) is 0 Å². The van der Waals surface area contributed by atoms with Crippen LogP contribution in [0, 0.1) is 0 Å². The van der Waals surface area contributed by atoms with Gasteiger partial charge in [-0.25, -0.2) is 0 Å². The van der Waals surface area contributed by atoms with Crippen molar-refractivity contribution in [2.24, 2.45) is 0 Å². The van der Waals surface area contributed by atoms with E-state index in [1.807, 2.05) is 0 Å². The zero-order valence-electron chi connectivity index (χ0n) is 4.30. The van der Waals surface area contributed by atoms with Crippen molar-refractivity contribution in [3.8, 4) is 0 Å². The molecule has 0 radical (unpaired) electrons. The molecular weight excluding hydrogens is 134 g/mol. The van der Waals surface area contributed by atoms with E-state index in [-0.39, 0.29) is 0 Å². The van der Waals surface area contributed by atoms with Crippen molar-refractivity contribution in [1.82, 2.24) is 5.16 Å². The smallest absolute Gasteiger partial charge is 0.365 e. The van der Waals surface area contributed by atoms with Crippen LogP contribution >= 0.6 is 0 Å². The molecule has 0 saturated carbocycles. The maximum absolute atomic E-state index is 9.67. The van der Waals surface area contributed by atoms with Crippen LogP contribution in [0.4, 0.5) is 12.9 Å². The molecule has 50 valence electrons. The molecule has 0 amide bonds. The van der Waals surface area contributed by atoms with E-state index in [4.69, 9.17) is 0 Å². The standard InChI is InChI=1S/C3H3NO.BF3/c1-2-4-5-3-1;2-1(3)4/h1-3H;. The molecule has 0 atom stereocenters. The lowest BCUT2D eigenvalue weighted by Gasteiger charge is -1.55. The first-order valence-electron chi connectivity index (χ1n) is 2.00. The van der Waals surface area contributed by atoms with Crippen LogP contribution in [0.15, 0.2) is 23.0 Å². The molecular formula is C3H3BF3NO. The summed E-state index contributed by atoms with van der Waals surface area (Å²) in [6.07, 6.45) is 3.10. The van der Waals surface area contributed by atoms with Crippen LogP contribution in [-0.2, 0) is 0 Å². The van der Waals surface area contributed by atoms with Crippen LogP contribution in [-0.4, -0.2) is 12.7 Å². The second-order valence-corrected chi connectivity index (χ2v) is 0.936. The quantitative estimate of drug-likeness (QED) is 0.507. The molecule has 6 heteroatoms. The van der Waals surface area contributed by atoms with Crippen LogP contribution in [0.25, 0.3) is 0 Å². The fourth-order valence-corrected chi connectivity index (χ4v) is 0.176. The zero-order valence-corrected chi connectivity index (χ0v) is 4.30. The second-order valence-electron chi connectivity index (χ2n) is 0.936. The number of hydrogen-bond acceptors (Lipinski definition) is 2. The lowest BCUT2D eigenvalue weighted by molar-refractivity contribution is 0.420. The van der Waals surface area contributed by atoms with E-state index in [0.717, 1.165) is 0 Å². The van der Waals surface area contributed by atoms with Gasteiger partial charge in [0.15, 0.2) is 0 Å². The molecule has 0 aromatic carbocycles. The number of aromatic nitrogens is 1. The van der Waals surface area contributed by atoms with Crippen LogP contribution in [0.1, 0.15) is 0 Å². The Labute approximate surface area is 49.9 Å². The van der Waals surface area contributed by atoms with Crippen LogP contribution in [0.3, 0.4) is 0 Å². The monoisotopic (exact) mass is 137 g/mol. The summed E-state index contributed by atoms with van der Waals surface area (Å²) < 4.78 is 33.3. The molecule has 0 aliphatic carbocycles. The van der Waals surface area contributed by atoms with Crippen molar-refractivity contribution < 1.29 is 17.5 Å². The molecule has 0 fully saturated rings. The van der Waals surface area contributed by atoms with Gasteiger partial charge in [0.25, 0.3) is 0 Å². The van der Waals surface area contributed by atoms with Crippen molar-refractivity contribution >= 4 is 7.54 Å². The average molecular weight is 137 g/mol. The summed E-state index contributed by atoms with van der Waals surface area (Å²) in [7, 11) is -3.67. The van der Waals surface area contributed by atoms with E-state index in [0.29, 0.717) is 0 Å². The third-order valence-electron chi connectivity index (χ3n) is 0.347. The maximum atomic E-state index is 9.67. The molecule has 0 aliphatic heterocycles. The Hall–Kier alpha value is -0.935. The predicted octanol–water partition coefficient (Wildman–Crippen LogP) is 1.55. The minimum atomic E-state index is -3.67. The first kappa shape index (κ1) is 8.06. The molecule has 0 aliphatic rings. The topological polar surface area (TPSA) is 26.0 Å². The minimum Gasteiger partial charge on any atom is -0.365 e. The molecule has 1 aromatic rings.